The molecule has 0 atom stereocenters. The lowest BCUT2D eigenvalue weighted by Gasteiger charge is -2.15. The topological polar surface area (TPSA) is 25.3 Å². The van der Waals surface area contributed by atoms with Gasteiger partial charge in [-0.25, -0.2) is 4.70 Å². The second-order valence-corrected chi connectivity index (χ2v) is 15.5. The van der Waals surface area contributed by atoms with Gasteiger partial charge in [-0.15, -0.1) is 0 Å². The third-order valence-corrected chi connectivity index (χ3v) is 10.8. The number of hydrogen-bond donors (Lipinski definition) is 0. The van der Waals surface area contributed by atoms with E-state index in [2.05, 4.69) is 77.9 Å². The molecule has 2 heteroatoms. The maximum absolute atomic E-state index is 12.5. The molecular weight excluding hydrogens is 605 g/mol. The van der Waals surface area contributed by atoms with Gasteiger partial charge in [0.15, 0.2) is 0 Å². The largest absolute Gasteiger partial charge is 0.493 e. The Balaban J connectivity index is 2.09. The Hall–Kier alpha value is -2.48. The van der Waals surface area contributed by atoms with E-state index in [0.717, 1.165) is 75.6 Å². The Morgan fingerprint density at radius 1 is 0.340 bits per heavy atom. The third-order valence-electron chi connectivity index (χ3n) is 10.8. The smallest absolute Gasteiger partial charge is 0.211 e. The number of nitrogens with zero attached hydrogens (tertiary/aromatic N) is 2. The molecule has 0 N–H and O–H groups in total. The van der Waals surface area contributed by atoms with Gasteiger partial charge in [0.05, 0.1) is 0 Å². The van der Waals surface area contributed by atoms with Crippen LogP contribution in [0, 0.1) is 0 Å². The fourth-order valence-corrected chi connectivity index (χ4v) is 7.85. The van der Waals surface area contributed by atoms with E-state index in [9.17, 15) is 5.53 Å². The molecule has 0 aliphatic carbocycles. The summed E-state index contributed by atoms with van der Waals surface area (Å²) in [7, 11) is 0. The average molecular weight is 681 g/mol. The minimum Gasteiger partial charge on any atom is -0.493 e. The number of unbranched alkanes of at least 4 members (excludes halogenated alkanes) is 14. The van der Waals surface area contributed by atoms with E-state index >= 15 is 0 Å². The van der Waals surface area contributed by atoms with E-state index in [1.54, 1.807) is 4.70 Å². The molecule has 2 aromatic carbocycles. The van der Waals surface area contributed by atoms with Crippen molar-refractivity contribution in [1.29, 1.82) is 0 Å². The Labute approximate surface area is 310 Å². The minimum absolute atomic E-state index is 1.02. The quantitative estimate of drug-likeness (QED) is 0.0631. The van der Waals surface area contributed by atoms with Crippen LogP contribution in [0.15, 0.2) is 47.5 Å². The van der Waals surface area contributed by atoms with E-state index in [0.29, 0.717) is 0 Å². The van der Waals surface area contributed by atoms with Crippen molar-refractivity contribution in [2.45, 2.75) is 208 Å². The molecule has 0 fully saturated rings. The van der Waals surface area contributed by atoms with Crippen LogP contribution in [0.25, 0.3) is 16.9 Å². The van der Waals surface area contributed by atoms with E-state index in [1.165, 1.54) is 147 Å². The van der Waals surface area contributed by atoms with Gasteiger partial charge in [0.2, 0.25) is 11.4 Å². The van der Waals surface area contributed by atoms with Gasteiger partial charge in [-0.1, -0.05) is 144 Å². The number of allylic oxidation sites excluding steroid dienone is 2. The molecule has 50 heavy (non-hydrogen) atoms. The van der Waals surface area contributed by atoms with Crippen LogP contribution in [-0.2, 0) is 25.7 Å². The first-order valence-electron chi connectivity index (χ1n) is 21.7. The van der Waals surface area contributed by atoms with Crippen LogP contribution in [0.3, 0.4) is 0 Å². The second kappa shape index (κ2) is 24.7. The first-order valence-corrected chi connectivity index (χ1v) is 21.7. The molecule has 0 spiro atoms. The van der Waals surface area contributed by atoms with Crippen molar-refractivity contribution in [2.75, 3.05) is 0 Å². The van der Waals surface area contributed by atoms with Crippen molar-refractivity contribution in [3.63, 3.8) is 0 Å². The average Bonchev–Trinajstić information content (AvgIpc) is 3.40. The van der Waals surface area contributed by atoms with Crippen LogP contribution in [0.1, 0.15) is 216 Å². The molecule has 0 saturated carbocycles. The molecule has 278 valence electrons. The van der Waals surface area contributed by atoms with E-state index in [-0.39, 0.29) is 0 Å². The van der Waals surface area contributed by atoms with Crippen LogP contribution in [0.4, 0.5) is 0 Å². The normalized spacial score (nSPS) is 13.4. The number of benzene rings is 2. The highest BCUT2D eigenvalue weighted by Crippen LogP contribution is 2.45. The summed E-state index contributed by atoms with van der Waals surface area (Å²) >= 11 is 0. The number of hydrogen-bond acceptors (Lipinski definition) is 0. The summed E-state index contributed by atoms with van der Waals surface area (Å²) in [5.74, 6) is 0. The maximum atomic E-state index is 12.5. The van der Waals surface area contributed by atoms with Crippen LogP contribution >= 0.6 is 0 Å². The fraction of sp³-hybridized carbons (Fsp3) is 0.667. The lowest BCUT2D eigenvalue weighted by molar-refractivity contribution is -0.345. The van der Waals surface area contributed by atoms with Gasteiger partial charge in [-0.2, -0.15) is 0 Å². The van der Waals surface area contributed by atoms with Crippen LogP contribution < -0.4 is 0 Å². The molecule has 1 aliphatic heterocycles. The van der Waals surface area contributed by atoms with Gasteiger partial charge < -0.3 is 5.53 Å². The zero-order chi connectivity index (χ0) is 36.0. The highest BCUT2D eigenvalue weighted by atomic mass is 15.2. The first kappa shape index (κ1) is 41.9. The van der Waals surface area contributed by atoms with Gasteiger partial charge in [0, 0.05) is 22.3 Å². The maximum Gasteiger partial charge on any atom is 0.211 e. The molecule has 0 amide bonds. The van der Waals surface area contributed by atoms with E-state index in [4.69, 9.17) is 0 Å². The molecule has 0 unspecified atom stereocenters. The van der Waals surface area contributed by atoms with Gasteiger partial charge in [-0.05, 0) is 124 Å². The predicted octanol–water partition coefficient (Wildman–Crippen LogP) is 15.7. The van der Waals surface area contributed by atoms with Gasteiger partial charge in [0.1, 0.15) is 0 Å². The van der Waals surface area contributed by atoms with Crippen LogP contribution in [-0.4, -0.2) is 4.70 Å². The molecule has 2 nitrogen and oxygen atoms in total. The zero-order valence-corrected chi connectivity index (χ0v) is 33.7. The van der Waals surface area contributed by atoms with Crippen molar-refractivity contribution in [3.05, 3.63) is 86.5 Å². The molecule has 0 saturated heterocycles. The Morgan fingerprint density at radius 3 is 0.960 bits per heavy atom. The highest BCUT2D eigenvalue weighted by Gasteiger charge is 2.35. The van der Waals surface area contributed by atoms with E-state index < -0.39 is 0 Å². The van der Waals surface area contributed by atoms with Gasteiger partial charge in [0.25, 0.3) is 0 Å². The van der Waals surface area contributed by atoms with Crippen molar-refractivity contribution >= 4 is 11.4 Å². The standard InChI is InChI=1S/C48H76N2/c1-7-13-19-21-23-25-29-41-34-42(30-26-24-22-20-14-8-2)38-44(37-41)48-46(32-18-12-6)45(31-17-11-5)47(50(48)49)43-35-39(27-15-9-3)33-40(36-43)28-16-10-4/h33-38H,7-32H2,1-6H3. The Kier molecular flexibility index (Phi) is 20.7. The Morgan fingerprint density at radius 2 is 0.620 bits per heavy atom. The summed E-state index contributed by atoms with van der Waals surface area (Å²) in [6.07, 6.45) is 31.9. The molecule has 2 aromatic rings. The SMILES string of the molecule is CCCCCCCCc1cc(CCCCCCCC)cc(C2=C(CCCC)C(CCCC)=C(c3cc(CCCC)cc(CCCC)c3)[N+]2=[N-])c1. The molecular formula is C48H76N2. The molecule has 3 rings (SSSR count). The summed E-state index contributed by atoms with van der Waals surface area (Å²) in [6, 6.07) is 14.7. The summed E-state index contributed by atoms with van der Waals surface area (Å²) in [5, 5.41) is 0. The van der Waals surface area contributed by atoms with Crippen molar-refractivity contribution < 1.29 is 4.70 Å². The second-order valence-electron chi connectivity index (χ2n) is 15.5. The van der Waals surface area contributed by atoms with Crippen molar-refractivity contribution in [1.82, 2.24) is 0 Å². The molecule has 1 heterocycles. The number of aryl methyl sites for hydroxylation is 4. The molecule has 1 aliphatic rings. The van der Waals surface area contributed by atoms with Gasteiger partial charge in [-0.3, -0.25) is 0 Å². The monoisotopic (exact) mass is 681 g/mol. The minimum atomic E-state index is 1.02. The van der Waals surface area contributed by atoms with Crippen LogP contribution in [0.5, 0.6) is 0 Å². The Bertz CT molecular complexity index is 1280. The summed E-state index contributed by atoms with van der Waals surface area (Å²) < 4.78 is 1.66. The molecule has 0 radical (unpaired) electrons. The van der Waals surface area contributed by atoms with Crippen LogP contribution in [0.2, 0.25) is 0 Å². The molecule has 0 aromatic heterocycles. The lowest BCUT2D eigenvalue weighted by atomic mass is 9.90. The summed E-state index contributed by atoms with van der Waals surface area (Å²) in [4.78, 5) is 0. The van der Waals surface area contributed by atoms with Crippen molar-refractivity contribution in [2.24, 2.45) is 0 Å². The van der Waals surface area contributed by atoms with E-state index in [1.807, 2.05) is 0 Å². The zero-order valence-electron chi connectivity index (χ0n) is 33.7. The summed E-state index contributed by atoms with van der Waals surface area (Å²) in [6.45, 7) is 13.8. The highest BCUT2D eigenvalue weighted by molar-refractivity contribution is 5.82. The molecule has 0 bridgehead atoms. The number of rotatable bonds is 28. The first-order chi connectivity index (χ1) is 24.5. The third kappa shape index (κ3) is 13.6. The summed E-state index contributed by atoms with van der Waals surface area (Å²) in [5.41, 5.74) is 25.7. The fourth-order valence-electron chi connectivity index (χ4n) is 7.85. The van der Waals surface area contributed by atoms with Crippen molar-refractivity contribution in [3.8, 4) is 0 Å². The van der Waals surface area contributed by atoms with Gasteiger partial charge >= 0.3 is 0 Å². The lowest BCUT2D eigenvalue weighted by Crippen LogP contribution is -2.05. The predicted molar refractivity (Wildman–Crippen MR) is 221 cm³/mol.